The molecule has 0 aromatic rings. The van der Waals surface area contributed by atoms with E-state index in [4.69, 9.17) is 0 Å². The molecule has 0 spiro atoms. The van der Waals surface area contributed by atoms with E-state index in [2.05, 4.69) is 13.0 Å². The fraction of sp³-hybridized carbons (Fsp3) is 0.727. The van der Waals surface area contributed by atoms with E-state index in [-0.39, 0.29) is 0 Å². The SMILES string of the molecule is [CH2]C1CCCC2CCCC=C12. The predicted octanol–water partition coefficient (Wildman–Crippen LogP) is 3.35. The molecule has 0 N–H and O–H groups in total. The Morgan fingerprint density at radius 3 is 2.82 bits per heavy atom. The summed E-state index contributed by atoms with van der Waals surface area (Å²) < 4.78 is 0. The highest BCUT2D eigenvalue weighted by atomic mass is 14.3. The van der Waals surface area contributed by atoms with Gasteiger partial charge in [-0.2, -0.15) is 0 Å². The Kier molecular flexibility index (Phi) is 2.02. The van der Waals surface area contributed by atoms with Gasteiger partial charge in [0.05, 0.1) is 0 Å². The normalized spacial score (nSPS) is 37.7. The van der Waals surface area contributed by atoms with Gasteiger partial charge in [0.1, 0.15) is 0 Å². The predicted molar refractivity (Wildman–Crippen MR) is 48.1 cm³/mol. The summed E-state index contributed by atoms with van der Waals surface area (Å²) in [6.07, 6.45) is 10.8. The van der Waals surface area contributed by atoms with Crippen molar-refractivity contribution in [1.29, 1.82) is 0 Å². The maximum Gasteiger partial charge on any atom is -0.0200 e. The quantitative estimate of drug-likeness (QED) is 0.463. The molecule has 0 nitrogen and oxygen atoms in total. The van der Waals surface area contributed by atoms with Gasteiger partial charge in [0.2, 0.25) is 0 Å². The summed E-state index contributed by atoms with van der Waals surface area (Å²) in [6, 6.07) is 0. The number of rotatable bonds is 0. The van der Waals surface area contributed by atoms with E-state index in [1.54, 1.807) is 5.57 Å². The molecule has 2 aliphatic carbocycles. The van der Waals surface area contributed by atoms with Crippen LogP contribution in [0, 0.1) is 18.8 Å². The number of hydrogen-bond acceptors (Lipinski definition) is 0. The van der Waals surface area contributed by atoms with Crippen LogP contribution < -0.4 is 0 Å². The first kappa shape index (κ1) is 7.39. The number of allylic oxidation sites excluding steroid dienone is 2. The first-order valence-corrected chi connectivity index (χ1v) is 4.91. The van der Waals surface area contributed by atoms with Crippen LogP contribution >= 0.6 is 0 Å². The lowest BCUT2D eigenvalue weighted by Crippen LogP contribution is -2.19. The van der Waals surface area contributed by atoms with Crippen LogP contribution in [0.3, 0.4) is 0 Å². The van der Waals surface area contributed by atoms with Gasteiger partial charge >= 0.3 is 0 Å². The number of fused-ring (bicyclic) bond motifs is 1. The largest absolute Gasteiger partial charge is 0.0848 e. The summed E-state index contributed by atoms with van der Waals surface area (Å²) in [5, 5.41) is 0. The lowest BCUT2D eigenvalue weighted by molar-refractivity contribution is 0.363. The molecule has 11 heavy (non-hydrogen) atoms. The van der Waals surface area contributed by atoms with E-state index in [0.717, 1.165) is 5.92 Å². The van der Waals surface area contributed by atoms with Gasteiger partial charge in [-0.25, -0.2) is 0 Å². The highest BCUT2D eigenvalue weighted by Crippen LogP contribution is 2.39. The molecule has 1 radical (unpaired) electrons. The second-order valence-corrected chi connectivity index (χ2v) is 3.96. The lowest BCUT2D eigenvalue weighted by Gasteiger charge is -2.33. The Bertz CT molecular complexity index is 167. The Labute approximate surface area is 69.7 Å². The van der Waals surface area contributed by atoms with Crippen LogP contribution in [0.2, 0.25) is 0 Å². The molecule has 0 aromatic carbocycles. The molecule has 0 saturated heterocycles. The van der Waals surface area contributed by atoms with Gasteiger partial charge < -0.3 is 0 Å². The minimum Gasteiger partial charge on any atom is -0.0848 e. The molecule has 2 aliphatic rings. The van der Waals surface area contributed by atoms with Crippen LogP contribution in [0.1, 0.15) is 38.5 Å². The molecular formula is C11H17. The summed E-state index contributed by atoms with van der Waals surface area (Å²) in [4.78, 5) is 0. The molecule has 0 amide bonds. The first-order valence-electron chi connectivity index (χ1n) is 4.91. The fourth-order valence-electron chi connectivity index (χ4n) is 2.55. The van der Waals surface area contributed by atoms with Crippen molar-refractivity contribution in [3.05, 3.63) is 18.6 Å². The Balaban J connectivity index is 2.14. The van der Waals surface area contributed by atoms with Crippen molar-refractivity contribution < 1.29 is 0 Å². The van der Waals surface area contributed by atoms with Crippen LogP contribution in [0.4, 0.5) is 0 Å². The molecule has 0 heteroatoms. The molecular weight excluding hydrogens is 132 g/mol. The van der Waals surface area contributed by atoms with Crippen LogP contribution in [0.25, 0.3) is 0 Å². The van der Waals surface area contributed by atoms with E-state index in [1.165, 1.54) is 38.5 Å². The maximum absolute atomic E-state index is 4.21. The average Bonchev–Trinajstić information content (AvgIpc) is 2.06. The molecule has 2 unspecified atom stereocenters. The Morgan fingerprint density at radius 1 is 1.18 bits per heavy atom. The molecule has 2 atom stereocenters. The Morgan fingerprint density at radius 2 is 2.00 bits per heavy atom. The number of hydrogen-bond donors (Lipinski definition) is 0. The van der Waals surface area contributed by atoms with Crippen LogP contribution in [0.15, 0.2) is 11.6 Å². The van der Waals surface area contributed by atoms with E-state index in [1.807, 2.05) is 0 Å². The van der Waals surface area contributed by atoms with E-state index >= 15 is 0 Å². The maximum atomic E-state index is 4.21. The summed E-state index contributed by atoms with van der Waals surface area (Å²) >= 11 is 0. The average molecular weight is 149 g/mol. The van der Waals surface area contributed by atoms with Crippen molar-refractivity contribution in [2.45, 2.75) is 38.5 Å². The summed E-state index contributed by atoms with van der Waals surface area (Å²) in [5.41, 5.74) is 1.70. The highest BCUT2D eigenvalue weighted by molar-refractivity contribution is 5.16. The van der Waals surface area contributed by atoms with Crippen molar-refractivity contribution in [3.8, 4) is 0 Å². The minimum atomic E-state index is 0.661. The fourth-order valence-corrected chi connectivity index (χ4v) is 2.55. The van der Waals surface area contributed by atoms with Gasteiger partial charge in [0.25, 0.3) is 0 Å². The third kappa shape index (κ3) is 1.36. The monoisotopic (exact) mass is 149 g/mol. The smallest absolute Gasteiger partial charge is 0.0200 e. The zero-order valence-electron chi connectivity index (χ0n) is 7.18. The molecule has 0 aliphatic heterocycles. The van der Waals surface area contributed by atoms with Crippen molar-refractivity contribution in [2.75, 3.05) is 0 Å². The third-order valence-corrected chi connectivity index (χ3v) is 3.18. The molecule has 1 saturated carbocycles. The van der Waals surface area contributed by atoms with Gasteiger partial charge in [-0.3, -0.25) is 0 Å². The zero-order valence-corrected chi connectivity index (χ0v) is 7.18. The lowest BCUT2D eigenvalue weighted by atomic mass is 9.73. The highest BCUT2D eigenvalue weighted by Gasteiger charge is 2.25. The van der Waals surface area contributed by atoms with Gasteiger partial charge in [0, 0.05) is 0 Å². The van der Waals surface area contributed by atoms with Crippen LogP contribution in [0.5, 0.6) is 0 Å². The van der Waals surface area contributed by atoms with Crippen LogP contribution in [-0.4, -0.2) is 0 Å². The van der Waals surface area contributed by atoms with Gasteiger partial charge in [-0.05, 0) is 50.9 Å². The molecule has 0 aromatic heterocycles. The van der Waals surface area contributed by atoms with Crippen molar-refractivity contribution in [1.82, 2.24) is 0 Å². The van der Waals surface area contributed by atoms with Gasteiger partial charge in [0.15, 0.2) is 0 Å². The summed E-state index contributed by atoms with van der Waals surface area (Å²) in [7, 11) is 0. The minimum absolute atomic E-state index is 0.661. The van der Waals surface area contributed by atoms with Crippen molar-refractivity contribution in [2.24, 2.45) is 11.8 Å². The standard InChI is InChI=1S/C11H17/c1-9-5-4-7-10-6-2-3-8-11(9)10/h8-10H,1-7H2. The summed E-state index contributed by atoms with van der Waals surface area (Å²) in [5.74, 6) is 1.59. The van der Waals surface area contributed by atoms with E-state index < -0.39 is 0 Å². The molecule has 61 valence electrons. The molecule has 0 bridgehead atoms. The van der Waals surface area contributed by atoms with Gasteiger partial charge in [-0.1, -0.05) is 18.1 Å². The van der Waals surface area contributed by atoms with Gasteiger partial charge in [-0.15, -0.1) is 0 Å². The summed E-state index contributed by atoms with van der Waals surface area (Å²) in [6.45, 7) is 4.21. The van der Waals surface area contributed by atoms with Crippen LogP contribution in [-0.2, 0) is 0 Å². The Hall–Kier alpha value is -0.260. The second kappa shape index (κ2) is 3.00. The second-order valence-electron chi connectivity index (χ2n) is 3.96. The third-order valence-electron chi connectivity index (χ3n) is 3.18. The topological polar surface area (TPSA) is 0 Å². The first-order chi connectivity index (χ1) is 5.38. The van der Waals surface area contributed by atoms with Crippen molar-refractivity contribution >= 4 is 0 Å². The molecule has 1 fully saturated rings. The molecule has 0 heterocycles. The van der Waals surface area contributed by atoms with E-state index in [0.29, 0.717) is 5.92 Å². The zero-order chi connectivity index (χ0) is 7.68. The molecule has 2 rings (SSSR count). The van der Waals surface area contributed by atoms with E-state index in [9.17, 15) is 0 Å². The van der Waals surface area contributed by atoms with Crippen molar-refractivity contribution in [3.63, 3.8) is 0 Å².